The molecule has 25 rings (SSSR count). The Balaban J connectivity index is 0.000000283. The van der Waals surface area contributed by atoms with Crippen LogP contribution in [0.3, 0.4) is 0 Å². The molecule has 0 spiro atoms. The minimum Gasteiger partial charge on any atom is -0.394 e. The van der Waals surface area contributed by atoms with E-state index < -0.39 is 336 Å². The second-order valence-corrected chi connectivity index (χ2v) is 25.6. The van der Waals surface area contributed by atoms with E-state index in [9.17, 15) is 138 Å². The van der Waals surface area contributed by atoms with E-state index in [1.54, 1.807) is 0 Å². The number of rotatable bonds is 15. The first-order chi connectivity index (χ1) is 48.5. The van der Waals surface area contributed by atoms with Crippen LogP contribution in [0, 0.1) is 0 Å². The van der Waals surface area contributed by atoms with Gasteiger partial charge >= 0.3 is 0 Å². The van der Waals surface area contributed by atoms with E-state index in [1.165, 1.54) is 14.2 Å². The molecule has 25 heterocycles. The zero-order chi connectivity index (χ0) is 74.8. The summed E-state index contributed by atoms with van der Waals surface area (Å²) in [4.78, 5) is 0. The normalized spacial score (nSPS) is 53.6. The van der Waals surface area contributed by atoms with Crippen LogP contribution in [0.2, 0.25) is 0 Å². The molecule has 33 unspecified atom stereocenters. The summed E-state index contributed by atoms with van der Waals surface area (Å²) in [7, 11) is 2.46. The van der Waals surface area contributed by atoms with Gasteiger partial charge in [-0.15, -0.1) is 0 Å². The highest BCUT2D eigenvalue weighted by Gasteiger charge is 2.60. The monoisotopic (exact) mass is 1500 g/mol. The van der Waals surface area contributed by atoms with E-state index in [1.807, 2.05) is 0 Å². The Kier molecular flexibility index (Phi) is 30.4. The van der Waals surface area contributed by atoms with Crippen molar-refractivity contribution in [2.24, 2.45) is 0 Å². The predicted molar refractivity (Wildman–Crippen MR) is 307 cm³/mol. The van der Waals surface area contributed by atoms with Crippen LogP contribution in [-0.4, -0.2) is 488 Å². The van der Waals surface area contributed by atoms with E-state index >= 15 is 0 Å². The van der Waals surface area contributed by atoms with Crippen molar-refractivity contribution in [3.63, 3.8) is 0 Å². The van der Waals surface area contributed by atoms with Gasteiger partial charge in [0.15, 0.2) is 56.6 Å². The van der Waals surface area contributed by atoms with E-state index in [0.29, 0.717) is 0 Å². The van der Waals surface area contributed by atoms with Gasteiger partial charge in [0.2, 0.25) is 0 Å². The van der Waals surface area contributed by atoms with E-state index in [4.69, 9.17) is 90.0 Å². The molecule has 25 saturated heterocycles. The summed E-state index contributed by atoms with van der Waals surface area (Å²) in [6.07, 6.45) is -80.9. The topological polar surface area (TPSA) is 722 Å². The minimum atomic E-state index is -2.15. The Morgan fingerprint density at radius 1 is 0.186 bits per heavy atom. The highest BCUT2D eigenvalue weighted by atomic mass is 16.8. The van der Waals surface area contributed by atoms with Crippen LogP contribution in [0.4, 0.5) is 0 Å². The van der Waals surface area contributed by atoms with E-state index in [2.05, 4.69) is 0 Å². The predicted octanol–water partition coefficient (Wildman–Crippen LogP) is -19.3. The molecule has 12 bridgehead atoms. The summed E-state index contributed by atoms with van der Waals surface area (Å²) >= 11 is 0. The molecular weight excluding hydrogens is 1410 g/mol. The molecule has 596 valence electrons. The van der Waals surface area contributed by atoms with Crippen molar-refractivity contribution < 1.29 is 228 Å². The molecule has 45 atom stereocenters. The van der Waals surface area contributed by atoms with Gasteiger partial charge in [-0.1, -0.05) is 0 Å². The number of methoxy groups -OCH3 is 2. The second kappa shape index (κ2) is 36.8. The lowest BCUT2D eigenvalue weighted by atomic mass is 9.94. The van der Waals surface area contributed by atoms with Gasteiger partial charge in [-0.3, -0.25) is 0 Å². The van der Waals surface area contributed by atoms with Crippen LogP contribution >= 0.6 is 0 Å². The Morgan fingerprint density at radius 2 is 0.373 bits per heavy atom. The number of hydrogen-bond acceptors (Lipinski definition) is 46. The summed E-state index contributed by atoms with van der Waals surface area (Å²) in [5.74, 6) is 0. The van der Waals surface area contributed by atoms with Crippen molar-refractivity contribution in [3.8, 4) is 0 Å². The number of aliphatic hydroxyl groups is 27. The van der Waals surface area contributed by atoms with Gasteiger partial charge in [0.05, 0.1) is 59.5 Å². The smallest absolute Gasteiger partial charge is 0.187 e. The molecule has 0 amide bonds. The molecule has 0 radical (unpaired) electrons. The molecule has 25 aliphatic rings. The fourth-order valence-electron chi connectivity index (χ4n) is 13.4. The molecule has 27 N–H and O–H groups in total. The van der Waals surface area contributed by atoms with Gasteiger partial charge in [0.25, 0.3) is 0 Å². The lowest BCUT2D eigenvalue weighted by Crippen LogP contribution is -2.69. The van der Waals surface area contributed by atoms with Crippen molar-refractivity contribution in [2.45, 2.75) is 276 Å². The first kappa shape index (κ1) is 84.2. The Morgan fingerprint density at radius 3 is 0.569 bits per heavy atom. The van der Waals surface area contributed by atoms with Gasteiger partial charge in [0, 0.05) is 14.2 Å². The number of ether oxygens (including phenoxy) is 19. The van der Waals surface area contributed by atoms with E-state index in [0.717, 1.165) is 0 Å². The van der Waals surface area contributed by atoms with Crippen LogP contribution in [-0.2, 0) is 90.0 Å². The summed E-state index contributed by atoms with van der Waals surface area (Å²) in [6, 6.07) is 0. The summed E-state index contributed by atoms with van der Waals surface area (Å²) < 4.78 is 105. The molecule has 46 nitrogen and oxygen atoms in total. The lowest BCUT2D eigenvalue weighted by Gasteiger charge is -2.50. The SMILES string of the molecule is COC1OC(CO)C(OC2OC(CO)C(OC3OC(CO)C(OC)C(O)C3O)C(O)C2O)C(O)C1O.OCC1O[C@@H]2O[C@@H]3C(CO)O[C@H](O[C@@H]4C(CO)O[C@@H](O[C@@H]5C(CO)O[C@@H](O[C@@H]6C(CO)O[C@H](O[C@@H]7C(CO)O[C@H](O[C@H]1C(O)C2O)C(O)C7O)C(O)C6O)C(O)C5O)C(O)C4O)C(O)C3O. The van der Waals surface area contributed by atoms with Crippen molar-refractivity contribution >= 4 is 0 Å². The zero-order valence-electron chi connectivity index (χ0n) is 54.2. The summed E-state index contributed by atoms with van der Waals surface area (Å²) in [6.45, 7) is -8.03. The number of aliphatic hydroxyl groups excluding tert-OH is 27. The maximum Gasteiger partial charge on any atom is 0.187 e. The van der Waals surface area contributed by atoms with E-state index in [-0.39, 0.29) is 0 Å². The number of hydrogen-bond donors (Lipinski definition) is 27. The highest BCUT2D eigenvalue weighted by molar-refractivity contribution is 5.03. The van der Waals surface area contributed by atoms with Crippen LogP contribution < -0.4 is 0 Å². The third-order valence-electron chi connectivity index (χ3n) is 19.2. The second-order valence-electron chi connectivity index (χ2n) is 25.6. The third-order valence-corrected chi connectivity index (χ3v) is 19.2. The average molecular weight is 1510 g/mol. The lowest BCUT2D eigenvalue weighted by molar-refractivity contribution is -0.404. The molecule has 0 aliphatic carbocycles. The molecule has 0 aromatic heterocycles. The van der Waals surface area contributed by atoms with Gasteiger partial charge in [-0.2, -0.15) is 0 Å². The quantitative estimate of drug-likeness (QED) is 0.0724. The van der Waals surface area contributed by atoms with Gasteiger partial charge in [-0.05, 0) is 0 Å². The third kappa shape index (κ3) is 17.2. The van der Waals surface area contributed by atoms with Crippen LogP contribution in [0.1, 0.15) is 0 Å². The molecular formula is C56H96O46. The molecule has 0 saturated carbocycles. The maximum atomic E-state index is 11.2. The Bertz CT molecular complexity index is 2200. The van der Waals surface area contributed by atoms with Gasteiger partial charge < -0.3 is 228 Å². The summed E-state index contributed by atoms with van der Waals surface area (Å²) in [5.41, 5.74) is 0. The molecule has 0 aromatic rings. The first-order valence-corrected chi connectivity index (χ1v) is 32.5. The largest absolute Gasteiger partial charge is 0.394 e. The van der Waals surface area contributed by atoms with Crippen molar-refractivity contribution in [1.29, 1.82) is 0 Å². The van der Waals surface area contributed by atoms with Crippen LogP contribution in [0.25, 0.3) is 0 Å². The van der Waals surface area contributed by atoms with Crippen molar-refractivity contribution in [3.05, 3.63) is 0 Å². The van der Waals surface area contributed by atoms with Gasteiger partial charge in [-0.25, -0.2) is 0 Å². The highest BCUT2D eigenvalue weighted by Crippen LogP contribution is 2.40. The van der Waals surface area contributed by atoms with Crippen molar-refractivity contribution in [1.82, 2.24) is 0 Å². The molecule has 25 aliphatic heterocycles. The fraction of sp³-hybridized carbons (Fsp3) is 1.00. The zero-order valence-corrected chi connectivity index (χ0v) is 54.2. The Labute approximate surface area is 576 Å². The summed E-state index contributed by atoms with van der Waals surface area (Å²) in [5, 5.41) is 287. The van der Waals surface area contributed by atoms with Gasteiger partial charge in [0.1, 0.15) is 220 Å². The molecule has 102 heavy (non-hydrogen) atoms. The minimum absolute atomic E-state index is 0.596. The molecule has 25 fully saturated rings. The van der Waals surface area contributed by atoms with Crippen molar-refractivity contribution in [2.75, 3.05) is 73.7 Å². The fourth-order valence-corrected chi connectivity index (χ4v) is 13.4. The Hall–Kier alpha value is -1.84. The van der Waals surface area contributed by atoms with Crippen LogP contribution in [0.5, 0.6) is 0 Å². The molecule has 46 heteroatoms. The molecule has 0 aromatic carbocycles. The van der Waals surface area contributed by atoms with Crippen LogP contribution in [0.15, 0.2) is 0 Å². The first-order valence-electron chi connectivity index (χ1n) is 32.5. The standard InChI is InChI=1S/C36H60O30.C20H36O16/c37-1-7-25-13(43)19(49)31(55-7)62-26-8(2-38)57-33(21(51)15(26)45)64-28-10(4-40)59-35(23(53)17(28)47)66-30-12(6-42)60-36(24(54)18(30)48)65-29-11(5-41)58-34(22(52)16(29)46)63-27-9(3-39)56-32(61-25)20(50)14(27)44;1-30-15-6(3-21)33-19(13(28)9(15)24)36-17-8(5-23)34-20(14(29)11(17)26)35-16-7(4-22)32-18(31-2)12(27)10(16)25/h7-54H,1-6H2;6-29H,3-5H2,1-2H3/t7?,8?,9?,10?,11?,12?,13?,14?,15?,16?,17?,18?,19?,20?,21?,22?,23?,24?,25-,26-,27-,28-,29-,30-,31-,32-,33-,34-,35+,36+;/m1./s1. The maximum absolute atomic E-state index is 11.2. The average Bonchev–Trinajstić information content (AvgIpc) is 0.778.